The number of rotatable bonds is 6. The number of alkyl halides is 2. The summed E-state index contributed by atoms with van der Waals surface area (Å²) in [6.07, 6.45) is 3.52. The molecule has 2 aromatic rings. The van der Waals surface area contributed by atoms with E-state index in [0.717, 1.165) is 29.5 Å². The highest BCUT2D eigenvalue weighted by molar-refractivity contribution is 6.59. The maximum atomic E-state index is 14.7. The molecule has 1 saturated heterocycles. The van der Waals surface area contributed by atoms with Gasteiger partial charge in [0.25, 0.3) is 0 Å². The number of hydrogen-bond acceptors (Lipinski definition) is 1. The van der Waals surface area contributed by atoms with Crippen molar-refractivity contribution in [2.24, 2.45) is 0 Å². The topological polar surface area (TPSA) is 9.23 Å². The lowest BCUT2D eigenvalue weighted by atomic mass is 9.91. The van der Waals surface area contributed by atoms with Crippen LogP contribution in [0.1, 0.15) is 37.7 Å². The van der Waals surface area contributed by atoms with Gasteiger partial charge in [-0.3, -0.25) is 0 Å². The fourth-order valence-corrected chi connectivity index (χ4v) is 7.47. The monoisotopic (exact) mass is 378 g/mol. The molecule has 5 heteroatoms. The Bertz CT molecular complexity index is 710. The van der Waals surface area contributed by atoms with E-state index in [1.807, 2.05) is 12.1 Å². The predicted molar refractivity (Wildman–Crippen MR) is 102 cm³/mol. The van der Waals surface area contributed by atoms with Crippen molar-refractivity contribution >= 4 is 8.80 Å². The molecule has 0 aromatic heterocycles. The first-order valence-electron chi connectivity index (χ1n) is 9.41. The van der Waals surface area contributed by atoms with Crippen molar-refractivity contribution in [3.63, 3.8) is 0 Å². The molecule has 0 saturated carbocycles. The molecule has 1 aliphatic rings. The minimum absolute atomic E-state index is 0.105. The number of hydrogen-bond donors (Lipinski definition) is 0. The lowest BCUT2D eigenvalue weighted by molar-refractivity contribution is -0.0498. The molecule has 0 amide bonds. The number of ether oxygens (including phenoxy) is 1. The fourth-order valence-electron chi connectivity index (χ4n) is 4.04. The van der Waals surface area contributed by atoms with Crippen molar-refractivity contribution in [3.05, 3.63) is 53.8 Å². The van der Waals surface area contributed by atoms with Gasteiger partial charge in [0.2, 0.25) is 0 Å². The van der Waals surface area contributed by atoms with Crippen LogP contribution in [0, 0.1) is 5.82 Å². The van der Waals surface area contributed by atoms with Gasteiger partial charge in [-0.1, -0.05) is 55.7 Å². The summed E-state index contributed by atoms with van der Waals surface area (Å²) in [5, 5.41) is 0. The molecular weight excluding hydrogens is 353 g/mol. The summed E-state index contributed by atoms with van der Waals surface area (Å²) in [6, 6.07) is 15.8. The zero-order valence-corrected chi connectivity index (χ0v) is 16.2. The van der Waals surface area contributed by atoms with E-state index in [4.69, 9.17) is 0 Å². The van der Waals surface area contributed by atoms with Crippen LogP contribution in [0.3, 0.4) is 0 Å². The maximum Gasteiger partial charge on any atom is 0.387 e. The fraction of sp³-hybridized carbons (Fsp3) is 0.429. The van der Waals surface area contributed by atoms with Crippen LogP contribution < -0.4 is 4.74 Å². The molecule has 0 aliphatic carbocycles. The highest BCUT2D eigenvalue weighted by Gasteiger charge is 2.24. The second-order valence-corrected chi connectivity index (χ2v) is 10.6. The molecule has 1 fully saturated rings. The van der Waals surface area contributed by atoms with Gasteiger partial charge in [-0.05, 0) is 53.6 Å². The molecule has 140 valence electrons. The minimum Gasteiger partial charge on any atom is -0.435 e. The van der Waals surface area contributed by atoms with Gasteiger partial charge in [0.15, 0.2) is 0 Å². The molecular formula is C21H25F3OSi. The van der Waals surface area contributed by atoms with Gasteiger partial charge in [-0.2, -0.15) is 8.78 Å². The molecule has 1 aliphatic heterocycles. The first-order valence-corrected chi connectivity index (χ1v) is 11.9. The summed E-state index contributed by atoms with van der Waals surface area (Å²) < 4.78 is 43.5. The summed E-state index contributed by atoms with van der Waals surface area (Å²) in [5.41, 5.74) is 2.37. The Balaban J connectivity index is 1.70. The Morgan fingerprint density at radius 3 is 2.27 bits per heavy atom. The summed E-state index contributed by atoms with van der Waals surface area (Å²) in [6.45, 7) is -0.586. The van der Waals surface area contributed by atoms with Crippen molar-refractivity contribution in [2.75, 3.05) is 0 Å². The second kappa shape index (κ2) is 8.76. The van der Waals surface area contributed by atoms with Crippen LogP contribution in [0.2, 0.25) is 18.1 Å². The Labute approximate surface area is 154 Å². The van der Waals surface area contributed by atoms with Crippen molar-refractivity contribution in [3.8, 4) is 16.9 Å². The molecule has 26 heavy (non-hydrogen) atoms. The molecule has 3 rings (SSSR count). The lowest BCUT2D eigenvalue weighted by Crippen LogP contribution is -2.20. The Kier molecular flexibility index (Phi) is 6.41. The van der Waals surface area contributed by atoms with Crippen molar-refractivity contribution < 1.29 is 17.9 Å². The predicted octanol–water partition coefficient (Wildman–Crippen LogP) is 6.61. The Morgan fingerprint density at radius 1 is 1.04 bits per heavy atom. The summed E-state index contributed by atoms with van der Waals surface area (Å²) in [4.78, 5) is 0. The molecule has 0 spiro atoms. The average Bonchev–Trinajstić information content (AvgIpc) is 2.63. The van der Waals surface area contributed by atoms with Crippen molar-refractivity contribution in [1.29, 1.82) is 0 Å². The lowest BCUT2D eigenvalue weighted by Gasteiger charge is -2.28. The second-order valence-electron chi connectivity index (χ2n) is 7.15. The molecule has 0 bridgehead atoms. The van der Waals surface area contributed by atoms with Gasteiger partial charge >= 0.3 is 6.61 Å². The average molecular weight is 379 g/mol. The van der Waals surface area contributed by atoms with Crippen LogP contribution in [0.4, 0.5) is 13.2 Å². The van der Waals surface area contributed by atoms with Crippen LogP contribution in [0.25, 0.3) is 11.1 Å². The third kappa shape index (κ3) is 4.70. The van der Waals surface area contributed by atoms with Crippen LogP contribution in [-0.4, -0.2) is 15.4 Å². The quantitative estimate of drug-likeness (QED) is 0.514. The molecule has 0 atom stereocenters. The van der Waals surface area contributed by atoms with Crippen LogP contribution in [0.5, 0.6) is 5.75 Å². The normalized spacial score (nSPS) is 20.3. The highest BCUT2D eigenvalue weighted by Crippen LogP contribution is 2.37. The number of halogens is 3. The van der Waals surface area contributed by atoms with Gasteiger partial charge in [0.1, 0.15) is 11.6 Å². The SMILES string of the molecule is CCC[Si@H]1CC[C@H](c2ccc(-c3ccc(OC(F)F)cc3)cc2F)CC1. The van der Waals surface area contributed by atoms with Gasteiger partial charge < -0.3 is 4.74 Å². The van der Waals surface area contributed by atoms with E-state index >= 15 is 0 Å². The van der Waals surface area contributed by atoms with Crippen molar-refractivity contribution in [2.45, 2.75) is 56.8 Å². The van der Waals surface area contributed by atoms with E-state index < -0.39 is 15.4 Å². The molecule has 1 heterocycles. The van der Waals surface area contributed by atoms with Crippen LogP contribution in [-0.2, 0) is 0 Å². The maximum absolute atomic E-state index is 14.7. The largest absolute Gasteiger partial charge is 0.435 e. The molecule has 1 nitrogen and oxygen atoms in total. The summed E-state index contributed by atoms with van der Waals surface area (Å²) >= 11 is 0. The Hall–Kier alpha value is -1.75. The molecule has 0 N–H and O–H groups in total. The third-order valence-corrected chi connectivity index (χ3v) is 9.09. The van der Waals surface area contributed by atoms with E-state index in [1.165, 1.54) is 36.7 Å². The Morgan fingerprint density at radius 2 is 1.69 bits per heavy atom. The van der Waals surface area contributed by atoms with Gasteiger partial charge in [0, 0.05) is 8.80 Å². The molecule has 2 aromatic carbocycles. The van der Waals surface area contributed by atoms with Crippen LogP contribution in [0.15, 0.2) is 42.5 Å². The summed E-state index contributed by atoms with van der Waals surface area (Å²) in [7, 11) is -0.566. The smallest absolute Gasteiger partial charge is 0.387 e. The standard InChI is InChI=1S/C21H25F3OSi/c1-2-11-26-12-9-16(10-13-26)19-8-5-17(14-20(19)22)15-3-6-18(7-4-15)25-21(23)24/h3-8,14,16,21,26H,2,9-13H2,1H3/t16-,26-. The van der Waals surface area contributed by atoms with E-state index in [2.05, 4.69) is 11.7 Å². The van der Waals surface area contributed by atoms with Gasteiger partial charge in [0.05, 0.1) is 0 Å². The zero-order chi connectivity index (χ0) is 18.5. The summed E-state index contributed by atoms with van der Waals surface area (Å²) in [5.74, 6) is 0.288. The van der Waals surface area contributed by atoms with E-state index in [-0.39, 0.29) is 11.6 Å². The van der Waals surface area contributed by atoms with Gasteiger partial charge in [-0.25, -0.2) is 4.39 Å². The minimum atomic E-state index is -2.84. The van der Waals surface area contributed by atoms with E-state index in [9.17, 15) is 13.2 Å². The zero-order valence-electron chi connectivity index (χ0n) is 15.1. The van der Waals surface area contributed by atoms with Crippen molar-refractivity contribution in [1.82, 2.24) is 0 Å². The number of benzene rings is 2. The first-order chi connectivity index (χ1) is 12.6. The highest BCUT2D eigenvalue weighted by atomic mass is 28.3. The first kappa shape index (κ1) is 19.0. The molecule has 0 unspecified atom stereocenters. The molecule has 0 radical (unpaired) electrons. The van der Waals surface area contributed by atoms with Gasteiger partial charge in [-0.15, -0.1) is 0 Å². The third-order valence-electron chi connectivity index (χ3n) is 5.40. The van der Waals surface area contributed by atoms with Crippen LogP contribution >= 0.6 is 0 Å². The van der Waals surface area contributed by atoms with E-state index in [1.54, 1.807) is 18.2 Å². The van der Waals surface area contributed by atoms with E-state index in [0.29, 0.717) is 5.92 Å².